The lowest BCUT2D eigenvalue weighted by atomic mass is 10.2. The minimum Gasteiger partial charge on any atom is -0.322 e. The SMILES string of the molecule is O=C(Nc1cccc(NS(=O)(=O)c2ccc(Cl)cc2)c1)c1ccc(F)cc1F. The molecule has 0 saturated carbocycles. The molecule has 0 bridgehead atoms. The van der Waals surface area contributed by atoms with Gasteiger partial charge in [-0.2, -0.15) is 0 Å². The van der Waals surface area contributed by atoms with Gasteiger partial charge in [-0.3, -0.25) is 9.52 Å². The smallest absolute Gasteiger partial charge is 0.261 e. The highest BCUT2D eigenvalue weighted by Gasteiger charge is 2.16. The second kappa shape index (κ2) is 7.95. The maximum absolute atomic E-state index is 13.7. The maximum atomic E-state index is 13.7. The van der Waals surface area contributed by atoms with Crippen molar-refractivity contribution in [1.29, 1.82) is 0 Å². The first-order valence-electron chi connectivity index (χ1n) is 7.89. The molecule has 0 radical (unpaired) electrons. The zero-order valence-corrected chi connectivity index (χ0v) is 15.7. The van der Waals surface area contributed by atoms with Gasteiger partial charge in [0.1, 0.15) is 11.6 Å². The summed E-state index contributed by atoms with van der Waals surface area (Å²) in [4.78, 5) is 12.2. The number of rotatable bonds is 5. The molecule has 0 atom stereocenters. The molecule has 1 amide bonds. The molecule has 5 nitrogen and oxygen atoms in total. The molecule has 3 rings (SSSR count). The van der Waals surface area contributed by atoms with E-state index in [-0.39, 0.29) is 21.8 Å². The molecule has 3 aromatic carbocycles. The average molecular weight is 423 g/mol. The molecule has 0 heterocycles. The molecule has 3 aromatic rings. The quantitative estimate of drug-likeness (QED) is 0.627. The number of hydrogen-bond acceptors (Lipinski definition) is 3. The van der Waals surface area contributed by atoms with E-state index in [1.54, 1.807) is 0 Å². The van der Waals surface area contributed by atoms with Gasteiger partial charge in [0.05, 0.1) is 16.1 Å². The first-order chi connectivity index (χ1) is 13.2. The Morgan fingerprint density at radius 3 is 2.25 bits per heavy atom. The molecule has 0 aromatic heterocycles. The van der Waals surface area contributed by atoms with E-state index < -0.39 is 27.6 Å². The standard InChI is InChI=1S/C19H13ClF2N2O3S/c20-12-4-7-16(8-5-12)28(26,27)24-15-3-1-2-14(11-15)23-19(25)17-9-6-13(21)10-18(17)22/h1-11,24H,(H,23,25). The Morgan fingerprint density at radius 1 is 0.893 bits per heavy atom. The molecule has 9 heteroatoms. The van der Waals surface area contributed by atoms with Gasteiger partial charge in [-0.15, -0.1) is 0 Å². The zero-order valence-electron chi connectivity index (χ0n) is 14.1. The van der Waals surface area contributed by atoms with Crippen molar-refractivity contribution < 1.29 is 22.0 Å². The van der Waals surface area contributed by atoms with Crippen LogP contribution in [-0.4, -0.2) is 14.3 Å². The summed E-state index contributed by atoms with van der Waals surface area (Å²) in [7, 11) is -3.86. The highest BCUT2D eigenvalue weighted by molar-refractivity contribution is 7.92. The van der Waals surface area contributed by atoms with Crippen molar-refractivity contribution in [3.05, 3.63) is 89.0 Å². The van der Waals surface area contributed by atoms with Gasteiger partial charge < -0.3 is 5.32 Å². The average Bonchev–Trinajstić information content (AvgIpc) is 2.61. The van der Waals surface area contributed by atoms with Crippen LogP contribution in [0.2, 0.25) is 5.02 Å². The van der Waals surface area contributed by atoms with Gasteiger partial charge in [-0.1, -0.05) is 17.7 Å². The molecule has 0 aliphatic heterocycles. The van der Waals surface area contributed by atoms with Crippen molar-refractivity contribution in [3.8, 4) is 0 Å². The van der Waals surface area contributed by atoms with E-state index in [9.17, 15) is 22.0 Å². The number of anilines is 2. The van der Waals surface area contributed by atoms with E-state index in [1.165, 1.54) is 48.5 Å². The van der Waals surface area contributed by atoms with Crippen LogP contribution in [0.15, 0.2) is 71.6 Å². The molecule has 2 N–H and O–H groups in total. The van der Waals surface area contributed by atoms with Crippen LogP contribution in [0.5, 0.6) is 0 Å². The summed E-state index contributed by atoms with van der Waals surface area (Å²) < 4.78 is 53.9. The third kappa shape index (κ3) is 4.65. The molecule has 0 aliphatic carbocycles. The summed E-state index contributed by atoms with van der Waals surface area (Å²) in [5.41, 5.74) is 0.0749. The van der Waals surface area contributed by atoms with E-state index in [2.05, 4.69) is 10.0 Å². The summed E-state index contributed by atoms with van der Waals surface area (Å²) in [6, 6.07) is 14.1. The molecular formula is C19H13ClF2N2O3S. The summed E-state index contributed by atoms with van der Waals surface area (Å²) in [5.74, 6) is -2.60. The number of sulfonamides is 1. The Balaban J connectivity index is 1.78. The van der Waals surface area contributed by atoms with Gasteiger partial charge in [0.15, 0.2) is 0 Å². The van der Waals surface area contributed by atoms with Crippen molar-refractivity contribution in [2.45, 2.75) is 4.90 Å². The Morgan fingerprint density at radius 2 is 1.57 bits per heavy atom. The van der Waals surface area contributed by atoms with Crippen molar-refractivity contribution in [3.63, 3.8) is 0 Å². The fourth-order valence-corrected chi connectivity index (χ4v) is 3.54. The van der Waals surface area contributed by atoms with Crippen molar-refractivity contribution >= 4 is 38.9 Å². The third-order valence-corrected chi connectivity index (χ3v) is 5.32. The fraction of sp³-hybridized carbons (Fsp3) is 0. The molecule has 0 saturated heterocycles. The maximum Gasteiger partial charge on any atom is 0.261 e. The summed E-state index contributed by atoms with van der Waals surface area (Å²) in [6.45, 7) is 0. The molecule has 144 valence electrons. The molecule has 0 unspecified atom stereocenters. The van der Waals surface area contributed by atoms with Crippen LogP contribution in [0, 0.1) is 11.6 Å². The van der Waals surface area contributed by atoms with Gasteiger partial charge in [0.25, 0.3) is 15.9 Å². The lowest BCUT2D eigenvalue weighted by Gasteiger charge is -2.11. The van der Waals surface area contributed by atoms with Gasteiger partial charge >= 0.3 is 0 Å². The minimum atomic E-state index is -3.86. The van der Waals surface area contributed by atoms with E-state index in [4.69, 9.17) is 11.6 Å². The summed E-state index contributed by atoms with van der Waals surface area (Å²) >= 11 is 5.76. The normalized spacial score (nSPS) is 11.1. The predicted octanol–water partition coefficient (Wildman–Crippen LogP) is 4.67. The van der Waals surface area contributed by atoms with Crippen LogP contribution < -0.4 is 10.0 Å². The number of benzene rings is 3. The molecule has 0 fully saturated rings. The Labute approximate surface area is 165 Å². The topological polar surface area (TPSA) is 75.3 Å². The minimum absolute atomic E-state index is 0.0136. The number of hydrogen-bond donors (Lipinski definition) is 2. The Bertz CT molecular complexity index is 1140. The van der Waals surface area contributed by atoms with Crippen LogP contribution in [0.3, 0.4) is 0 Å². The second-order valence-electron chi connectivity index (χ2n) is 5.72. The zero-order chi connectivity index (χ0) is 20.3. The number of nitrogens with one attached hydrogen (secondary N) is 2. The molecular weight excluding hydrogens is 410 g/mol. The fourth-order valence-electron chi connectivity index (χ4n) is 2.36. The van der Waals surface area contributed by atoms with Crippen LogP contribution >= 0.6 is 11.6 Å². The second-order valence-corrected chi connectivity index (χ2v) is 7.84. The highest BCUT2D eigenvalue weighted by Crippen LogP contribution is 2.21. The van der Waals surface area contributed by atoms with Gasteiger partial charge in [-0.05, 0) is 54.6 Å². The van der Waals surface area contributed by atoms with Crippen LogP contribution in [-0.2, 0) is 10.0 Å². The largest absolute Gasteiger partial charge is 0.322 e. The van der Waals surface area contributed by atoms with Crippen molar-refractivity contribution in [2.75, 3.05) is 10.0 Å². The van der Waals surface area contributed by atoms with Crippen LogP contribution in [0.1, 0.15) is 10.4 Å². The van der Waals surface area contributed by atoms with Gasteiger partial charge in [-0.25, -0.2) is 17.2 Å². The highest BCUT2D eigenvalue weighted by atomic mass is 35.5. The number of halogens is 3. The molecule has 0 spiro atoms. The Kier molecular flexibility index (Phi) is 5.62. The number of amides is 1. The van der Waals surface area contributed by atoms with Crippen LogP contribution in [0.4, 0.5) is 20.2 Å². The third-order valence-electron chi connectivity index (χ3n) is 3.67. The van der Waals surface area contributed by atoms with Crippen molar-refractivity contribution in [2.24, 2.45) is 0 Å². The monoisotopic (exact) mass is 422 g/mol. The van der Waals surface area contributed by atoms with Crippen LogP contribution in [0.25, 0.3) is 0 Å². The predicted molar refractivity (Wildman–Crippen MR) is 103 cm³/mol. The summed E-state index contributed by atoms with van der Waals surface area (Å²) in [5, 5.41) is 2.84. The van der Waals surface area contributed by atoms with Gasteiger partial charge in [0.2, 0.25) is 0 Å². The number of carbonyl (C=O) groups excluding carboxylic acids is 1. The first kappa shape index (κ1) is 19.8. The molecule has 0 aliphatic rings. The Hall–Kier alpha value is -2.97. The van der Waals surface area contributed by atoms with E-state index in [1.807, 2.05) is 0 Å². The van der Waals surface area contributed by atoms with E-state index in [0.717, 1.165) is 12.1 Å². The lowest BCUT2D eigenvalue weighted by molar-refractivity contribution is 0.102. The van der Waals surface area contributed by atoms with Crippen molar-refractivity contribution in [1.82, 2.24) is 0 Å². The first-order valence-corrected chi connectivity index (χ1v) is 9.75. The van der Waals surface area contributed by atoms with E-state index in [0.29, 0.717) is 11.1 Å². The molecule has 28 heavy (non-hydrogen) atoms. The summed E-state index contributed by atoms with van der Waals surface area (Å²) in [6.07, 6.45) is 0. The lowest BCUT2D eigenvalue weighted by Crippen LogP contribution is -2.15. The van der Waals surface area contributed by atoms with E-state index >= 15 is 0 Å². The number of carbonyl (C=O) groups is 1. The van der Waals surface area contributed by atoms with Gasteiger partial charge in [0, 0.05) is 16.8 Å².